The predicted octanol–water partition coefficient (Wildman–Crippen LogP) is 3.57. The molecule has 0 spiro atoms. The van der Waals surface area contributed by atoms with Crippen molar-refractivity contribution in [1.82, 2.24) is 15.5 Å². The number of amides is 2. The summed E-state index contributed by atoms with van der Waals surface area (Å²) in [5.41, 5.74) is 2.73. The average molecular weight is 458 g/mol. The number of rotatable bonds is 9. The molecular weight excluding hydrogens is 426 g/mol. The van der Waals surface area contributed by atoms with Gasteiger partial charge in [0.15, 0.2) is 0 Å². The van der Waals surface area contributed by atoms with Crippen LogP contribution in [0.3, 0.4) is 0 Å². The van der Waals surface area contributed by atoms with Gasteiger partial charge in [0.1, 0.15) is 0 Å². The Morgan fingerprint density at radius 2 is 1.56 bits per heavy atom. The first kappa shape index (κ1) is 23.7. The van der Waals surface area contributed by atoms with Crippen molar-refractivity contribution in [2.24, 2.45) is 0 Å². The molecule has 176 valence electrons. The third-order valence-corrected chi connectivity index (χ3v) is 5.93. The molecule has 1 heterocycles. The number of nitrogens with zero attached hydrogens (tertiary/aromatic N) is 1. The van der Waals surface area contributed by atoms with E-state index in [4.69, 9.17) is 4.74 Å². The topological polar surface area (TPSA) is 70.7 Å². The molecule has 0 bridgehead atoms. The second-order valence-corrected chi connectivity index (χ2v) is 8.52. The van der Waals surface area contributed by atoms with Gasteiger partial charge in [-0.15, -0.1) is 0 Å². The van der Waals surface area contributed by atoms with Crippen LogP contribution in [0.4, 0.5) is 0 Å². The molecule has 0 aromatic heterocycles. The van der Waals surface area contributed by atoms with Crippen LogP contribution in [0.2, 0.25) is 0 Å². The summed E-state index contributed by atoms with van der Waals surface area (Å²) in [6.07, 6.45) is 0.0961. The van der Waals surface area contributed by atoms with Gasteiger partial charge < -0.3 is 15.4 Å². The third kappa shape index (κ3) is 7.01. The van der Waals surface area contributed by atoms with Gasteiger partial charge in [-0.1, -0.05) is 78.9 Å². The molecule has 1 aliphatic rings. The Morgan fingerprint density at radius 3 is 2.26 bits per heavy atom. The fraction of sp³-hybridized carbons (Fsp3) is 0.286. The van der Waals surface area contributed by atoms with Gasteiger partial charge in [0.25, 0.3) is 5.91 Å². The van der Waals surface area contributed by atoms with Gasteiger partial charge in [0, 0.05) is 31.7 Å². The molecule has 4 rings (SSSR count). The molecule has 3 aromatic rings. The Kier molecular flexibility index (Phi) is 8.43. The number of ether oxygens (including phenoxy) is 1. The second-order valence-electron chi connectivity index (χ2n) is 8.52. The van der Waals surface area contributed by atoms with Crippen molar-refractivity contribution in [3.8, 4) is 0 Å². The lowest BCUT2D eigenvalue weighted by atomic mass is 10.0. The summed E-state index contributed by atoms with van der Waals surface area (Å²) < 4.78 is 5.88. The van der Waals surface area contributed by atoms with Crippen molar-refractivity contribution in [2.45, 2.75) is 25.1 Å². The molecule has 0 saturated carbocycles. The highest BCUT2D eigenvalue weighted by Crippen LogP contribution is 2.18. The van der Waals surface area contributed by atoms with Gasteiger partial charge in [0.2, 0.25) is 5.91 Å². The molecule has 1 fully saturated rings. The Balaban J connectivity index is 1.31. The summed E-state index contributed by atoms with van der Waals surface area (Å²) in [7, 11) is 0. The molecule has 2 atom stereocenters. The monoisotopic (exact) mass is 457 g/mol. The first-order valence-corrected chi connectivity index (χ1v) is 11.7. The number of benzene rings is 3. The van der Waals surface area contributed by atoms with E-state index < -0.39 is 6.04 Å². The molecule has 2 amide bonds. The van der Waals surface area contributed by atoms with Crippen molar-refractivity contribution in [3.63, 3.8) is 0 Å². The average Bonchev–Trinajstić information content (AvgIpc) is 2.89. The molecule has 34 heavy (non-hydrogen) atoms. The van der Waals surface area contributed by atoms with E-state index in [0.717, 1.165) is 25.2 Å². The number of morpholine rings is 1. The minimum atomic E-state index is -0.421. The molecule has 3 aromatic carbocycles. The number of hydrogen-bond donors (Lipinski definition) is 2. The van der Waals surface area contributed by atoms with Crippen LogP contribution in [0.5, 0.6) is 0 Å². The number of carbonyl (C=O) groups excluding carboxylic acids is 2. The minimum Gasteiger partial charge on any atom is -0.374 e. The summed E-state index contributed by atoms with van der Waals surface area (Å²) in [4.78, 5) is 27.9. The highest BCUT2D eigenvalue weighted by Gasteiger charge is 2.23. The van der Waals surface area contributed by atoms with Crippen LogP contribution in [-0.2, 0) is 16.1 Å². The normalized spacial score (nSPS) is 17.0. The van der Waals surface area contributed by atoms with Crippen LogP contribution in [0.1, 0.15) is 33.9 Å². The van der Waals surface area contributed by atoms with E-state index in [1.54, 1.807) is 12.1 Å². The molecular formula is C28H31N3O3. The Bertz CT molecular complexity index is 1040. The van der Waals surface area contributed by atoms with Crippen LogP contribution in [0.25, 0.3) is 0 Å². The summed E-state index contributed by atoms with van der Waals surface area (Å²) in [5.74, 6) is -0.319. The first-order chi connectivity index (χ1) is 16.7. The van der Waals surface area contributed by atoms with Gasteiger partial charge in [-0.05, 0) is 23.3 Å². The van der Waals surface area contributed by atoms with Crippen LogP contribution in [0.15, 0.2) is 91.0 Å². The molecule has 1 saturated heterocycles. The van der Waals surface area contributed by atoms with Gasteiger partial charge in [0.05, 0.1) is 25.2 Å². The number of carbonyl (C=O) groups is 2. The summed E-state index contributed by atoms with van der Waals surface area (Å²) >= 11 is 0. The summed E-state index contributed by atoms with van der Waals surface area (Å²) in [6, 6.07) is 28.6. The van der Waals surface area contributed by atoms with Crippen molar-refractivity contribution in [2.75, 3.05) is 26.2 Å². The first-order valence-electron chi connectivity index (χ1n) is 11.7. The molecule has 1 aliphatic heterocycles. The highest BCUT2D eigenvalue weighted by atomic mass is 16.5. The van der Waals surface area contributed by atoms with Crippen molar-refractivity contribution in [3.05, 3.63) is 108 Å². The highest BCUT2D eigenvalue weighted by molar-refractivity contribution is 5.94. The Hall–Kier alpha value is -3.48. The minimum absolute atomic E-state index is 0.0597. The molecule has 2 N–H and O–H groups in total. The quantitative estimate of drug-likeness (QED) is 0.516. The van der Waals surface area contributed by atoms with E-state index in [0.29, 0.717) is 18.7 Å². The number of hydrogen-bond acceptors (Lipinski definition) is 4. The summed E-state index contributed by atoms with van der Waals surface area (Å²) in [5, 5.41) is 6.02. The molecule has 6 heteroatoms. The van der Waals surface area contributed by atoms with Gasteiger partial charge in [-0.2, -0.15) is 0 Å². The van der Waals surface area contributed by atoms with Gasteiger partial charge >= 0.3 is 0 Å². The van der Waals surface area contributed by atoms with Crippen LogP contribution >= 0.6 is 0 Å². The van der Waals surface area contributed by atoms with Crippen molar-refractivity contribution >= 4 is 11.8 Å². The zero-order chi connectivity index (χ0) is 23.6. The summed E-state index contributed by atoms with van der Waals surface area (Å²) in [6.45, 7) is 3.60. The van der Waals surface area contributed by atoms with Crippen molar-refractivity contribution < 1.29 is 14.3 Å². The van der Waals surface area contributed by atoms with Crippen LogP contribution < -0.4 is 10.6 Å². The lowest BCUT2D eigenvalue weighted by molar-refractivity contribution is -0.122. The third-order valence-electron chi connectivity index (χ3n) is 5.93. The largest absolute Gasteiger partial charge is 0.374 e. The smallest absolute Gasteiger partial charge is 0.251 e. The SMILES string of the molecule is O=C(CC(NC(=O)c1ccccc1)c1ccccc1)NCC1CN(Cc2ccccc2)CCO1. The zero-order valence-corrected chi connectivity index (χ0v) is 19.2. The van der Waals surface area contributed by atoms with Crippen LogP contribution in [-0.4, -0.2) is 49.1 Å². The van der Waals surface area contributed by atoms with E-state index in [1.807, 2.05) is 66.7 Å². The maximum atomic E-state index is 12.8. The Morgan fingerprint density at radius 1 is 0.912 bits per heavy atom. The molecule has 0 aliphatic carbocycles. The van der Waals surface area contributed by atoms with E-state index in [2.05, 4.69) is 27.7 Å². The van der Waals surface area contributed by atoms with Gasteiger partial charge in [-0.25, -0.2) is 0 Å². The number of nitrogens with one attached hydrogen (secondary N) is 2. The lowest BCUT2D eigenvalue weighted by Gasteiger charge is -2.33. The molecule has 2 unspecified atom stereocenters. The lowest BCUT2D eigenvalue weighted by Crippen LogP contribution is -2.47. The maximum Gasteiger partial charge on any atom is 0.251 e. The fourth-order valence-corrected chi connectivity index (χ4v) is 4.14. The maximum absolute atomic E-state index is 12.8. The van der Waals surface area contributed by atoms with E-state index in [1.165, 1.54) is 5.56 Å². The molecule has 0 radical (unpaired) electrons. The van der Waals surface area contributed by atoms with Gasteiger partial charge in [-0.3, -0.25) is 14.5 Å². The van der Waals surface area contributed by atoms with Crippen molar-refractivity contribution in [1.29, 1.82) is 0 Å². The standard InChI is InChI=1S/C28H31N3O3/c32-27(29-19-25-21-31(16-17-34-25)20-22-10-4-1-5-11-22)18-26(23-12-6-2-7-13-23)30-28(33)24-14-8-3-9-15-24/h1-15,25-26H,16-21H2,(H,29,32)(H,30,33). The Labute approximate surface area is 200 Å². The zero-order valence-electron chi connectivity index (χ0n) is 19.2. The van der Waals surface area contributed by atoms with E-state index in [9.17, 15) is 9.59 Å². The van der Waals surface area contributed by atoms with E-state index in [-0.39, 0.29) is 24.3 Å². The molecule has 6 nitrogen and oxygen atoms in total. The van der Waals surface area contributed by atoms with E-state index >= 15 is 0 Å². The fourth-order valence-electron chi connectivity index (χ4n) is 4.14. The predicted molar refractivity (Wildman–Crippen MR) is 132 cm³/mol. The second kappa shape index (κ2) is 12.1. The van der Waals surface area contributed by atoms with Crippen LogP contribution in [0, 0.1) is 0 Å².